The first-order chi connectivity index (χ1) is 9.76. The van der Waals surface area contributed by atoms with Crippen molar-refractivity contribution in [2.75, 3.05) is 7.05 Å². The molecule has 2 heteroatoms. The van der Waals surface area contributed by atoms with Crippen LogP contribution in [0.4, 0.5) is 4.39 Å². The van der Waals surface area contributed by atoms with Crippen molar-refractivity contribution in [2.45, 2.75) is 31.7 Å². The Kier molecular flexibility index (Phi) is 3.83. The van der Waals surface area contributed by atoms with E-state index < -0.39 is 0 Å². The molecule has 0 radical (unpaired) electrons. The van der Waals surface area contributed by atoms with Gasteiger partial charge in [-0.3, -0.25) is 0 Å². The number of aryl methyl sites for hydroxylation is 2. The topological polar surface area (TPSA) is 12.0 Å². The molecule has 1 atom stereocenters. The first-order valence-electron chi connectivity index (χ1n) is 7.29. The second-order valence-corrected chi connectivity index (χ2v) is 5.56. The van der Waals surface area contributed by atoms with Crippen molar-refractivity contribution in [2.24, 2.45) is 0 Å². The van der Waals surface area contributed by atoms with E-state index in [1.165, 1.54) is 42.0 Å². The summed E-state index contributed by atoms with van der Waals surface area (Å²) in [5.41, 5.74) is 5.32. The normalized spacial score (nSPS) is 15.1. The van der Waals surface area contributed by atoms with E-state index in [4.69, 9.17) is 0 Å². The summed E-state index contributed by atoms with van der Waals surface area (Å²) in [4.78, 5) is 0. The Hall–Kier alpha value is -1.67. The van der Waals surface area contributed by atoms with Crippen LogP contribution in [0.15, 0.2) is 42.5 Å². The number of likely N-dealkylation sites (N-methyl/N-ethyl adjacent to an activating group) is 1. The van der Waals surface area contributed by atoms with E-state index in [1.807, 2.05) is 13.1 Å². The lowest BCUT2D eigenvalue weighted by molar-refractivity contribution is 0.583. The maximum Gasteiger partial charge on any atom is 0.123 e. The highest BCUT2D eigenvalue weighted by molar-refractivity contribution is 5.37. The molecule has 0 saturated heterocycles. The van der Waals surface area contributed by atoms with Crippen molar-refractivity contribution in [1.29, 1.82) is 0 Å². The molecule has 2 aromatic carbocycles. The highest BCUT2D eigenvalue weighted by atomic mass is 19.1. The number of hydrogen-bond donors (Lipinski definition) is 1. The molecule has 0 saturated carbocycles. The lowest BCUT2D eigenvalue weighted by atomic mass is 9.96. The molecular formula is C18H20FN. The minimum atomic E-state index is -0.161. The third-order valence-corrected chi connectivity index (χ3v) is 4.20. The van der Waals surface area contributed by atoms with E-state index in [-0.39, 0.29) is 11.9 Å². The highest BCUT2D eigenvalue weighted by Gasteiger charge is 2.15. The number of nitrogens with one attached hydrogen (secondary N) is 1. The van der Waals surface area contributed by atoms with Gasteiger partial charge in [0.05, 0.1) is 0 Å². The summed E-state index contributed by atoms with van der Waals surface area (Å²) >= 11 is 0. The summed E-state index contributed by atoms with van der Waals surface area (Å²) in [5.74, 6) is -0.161. The van der Waals surface area contributed by atoms with E-state index in [0.717, 1.165) is 12.0 Å². The highest BCUT2D eigenvalue weighted by Crippen LogP contribution is 2.27. The van der Waals surface area contributed by atoms with Crippen molar-refractivity contribution in [1.82, 2.24) is 5.32 Å². The number of halogens is 1. The van der Waals surface area contributed by atoms with Crippen molar-refractivity contribution in [3.8, 4) is 0 Å². The van der Waals surface area contributed by atoms with E-state index in [2.05, 4.69) is 23.5 Å². The van der Waals surface area contributed by atoms with Gasteiger partial charge in [-0.2, -0.15) is 0 Å². The van der Waals surface area contributed by atoms with Crippen molar-refractivity contribution in [3.63, 3.8) is 0 Å². The van der Waals surface area contributed by atoms with Gasteiger partial charge in [-0.25, -0.2) is 4.39 Å². The van der Waals surface area contributed by atoms with Gasteiger partial charge in [-0.1, -0.05) is 30.3 Å². The van der Waals surface area contributed by atoms with Crippen LogP contribution in [0, 0.1) is 5.82 Å². The molecule has 1 aliphatic rings. The molecule has 3 rings (SSSR count). The number of fused-ring (bicyclic) bond motifs is 1. The fourth-order valence-electron chi connectivity index (χ4n) is 3.09. The molecule has 0 fully saturated rings. The standard InChI is InChI=1S/C18H20FN/c1-20-18(11-13-4-2-7-17(19)10-13)16-9-8-14-5-3-6-15(14)12-16/h2,4,7-10,12,18,20H,3,5-6,11H2,1H3. The molecule has 0 bridgehead atoms. The van der Waals surface area contributed by atoms with Gasteiger partial charge in [0.1, 0.15) is 5.82 Å². The molecule has 2 aromatic rings. The van der Waals surface area contributed by atoms with Gasteiger partial charge in [0.2, 0.25) is 0 Å². The Labute approximate surface area is 119 Å². The van der Waals surface area contributed by atoms with Gasteiger partial charge in [-0.05, 0) is 67.1 Å². The Morgan fingerprint density at radius 3 is 2.75 bits per heavy atom. The maximum absolute atomic E-state index is 13.3. The largest absolute Gasteiger partial charge is 0.313 e. The second-order valence-electron chi connectivity index (χ2n) is 5.56. The van der Waals surface area contributed by atoms with E-state index in [0.29, 0.717) is 0 Å². The molecule has 104 valence electrons. The summed E-state index contributed by atoms with van der Waals surface area (Å²) in [6, 6.07) is 13.9. The van der Waals surface area contributed by atoms with Gasteiger partial charge in [0.15, 0.2) is 0 Å². The quantitative estimate of drug-likeness (QED) is 0.889. The molecule has 0 heterocycles. The number of hydrogen-bond acceptors (Lipinski definition) is 1. The molecule has 1 N–H and O–H groups in total. The Morgan fingerprint density at radius 1 is 1.10 bits per heavy atom. The molecule has 0 aliphatic heterocycles. The van der Waals surface area contributed by atoms with Crippen LogP contribution in [0.3, 0.4) is 0 Å². The lowest BCUT2D eigenvalue weighted by Gasteiger charge is -2.18. The van der Waals surface area contributed by atoms with E-state index in [1.54, 1.807) is 12.1 Å². The smallest absolute Gasteiger partial charge is 0.123 e. The van der Waals surface area contributed by atoms with Crippen LogP contribution in [-0.4, -0.2) is 7.05 Å². The van der Waals surface area contributed by atoms with Gasteiger partial charge in [0, 0.05) is 6.04 Å². The number of benzene rings is 2. The van der Waals surface area contributed by atoms with Gasteiger partial charge in [0.25, 0.3) is 0 Å². The van der Waals surface area contributed by atoms with Crippen LogP contribution in [-0.2, 0) is 19.3 Å². The van der Waals surface area contributed by atoms with Gasteiger partial charge < -0.3 is 5.32 Å². The molecule has 0 amide bonds. The van der Waals surface area contributed by atoms with Crippen LogP contribution in [0.5, 0.6) is 0 Å². The average Bonchev–Trinajstić information content (AvgIpc) is 2.92. The van der Waals surface area contributed by atoms with Crippen LogP contribution >= 0.6 is 0 Å². The molecule has 1 nitrogen and oxygen atoms in total. The predicted molar refractivity (Wildman–Crippen MR) is 80.4 cm³/mol. The zero-order valence-electron chi connectivity index (χ0n) is 11.8. The van der Waals surface area contributed by atoms with Gasteiger partial charge >= 0.3 is 0 Å². The molecule has 20 heavy (non-hydrogen) atoms. The summed E-state index contributed by atoms with van der Waals surface area (Å²) < 4.78 is 13.3. The maximum atomic E-state index is 13.3. The fourth-order valence-corrected chi connectivity index (χ4v) is 3.09. The second kappa shape index (κ2) is 5.76. The first-order valence-corrected chi connectivity index (χ1v) is 7.29. The average molecular weight is 269 g/mol. The van der Waals surface area contributed by atoms with Crippen molar-refractivity contribution < 1.29 is 4.39 Å². The SMILES string of the molecule is CNC(Cc1cccc(F)c1)c1ccc2c(c1)CCC2. The van der Waals surface area contributed by atoms with E-state index >= 15 is 0 Å². The minimum absolute atomic E-state index is 0.161. The fraction of sp³-hybridized carbons (Fsp3) is 0.333. The Balaban J connectivity index is 1.83. The third kappa shape index (κ3) is 2.75. The van der Waals surface area contributed by atoms with Crippen LogP contribution < -0.4 is 5.32 Å². The first kappa shape index (κ1) is 13.3. The van der Waals surface area contributed by atoms with Crippen molar-refractivity contribution in [3.05, 3.63) is 70.5 Å². The number of rotatable bonds is 4. The summed E-state index contributed by atoms with van der Waals surface area (Å²) in [7, 11) is 1.97. The molecule has 0 spiro atoms. The lowest BCUT2D eigenvalue weighted by Crippen LogP contribution is -2.19. The van der Waals surface area contributed by atoms with Crippen LogP contribution in [0.25, 0.3) is 0 Å². The van der Waals surface area contributed by atoms with Crippen molar-refractivity contribution >= 4 is 0 Å². The van der Waals surface area contributed by atoms with Crippen LogP contribution in [0.2, 0.25) is 0 Å². The van der Waals surface area contributed by atoms with E-state index in [9.17, 15) is 4.39 Å². The predicted octanol–water partition coefficient (Wildman–Crippen LogP) is 3.82. The van der Waals surface area contributed by atoms with Crippen LogP contribution in [0.1, 0.15) is 34.7 Å². The summed E-state index contributed by atoms with van der Waals surface area (Å²) in [6.45, 7) is 0. The summed E-state index contributed by atoms with van der Waals surface area (Å²) in [6.07, 6.45) is 4.49. The Bertz CT molecular complexity index is 606. The summed E-state index contributed by atoms with van der Waals surface area (Å²) in [5, 5.41) is 3.36. The van der Waals surface area contributed by atoms with Gasteiger partial charge in [-0.15, -0.1) is 0 Å². The monoisotopic (exact) mass is 269 g/mol. The Morgan fingerprint density at radius 2 is 1.95 bits per heavy atom. The third-order valence-electron chi connectivity index (χ3n) is 4.20. The molecule has 1 unspecified atom stereocenters. The molecule has 0 aromatic heterocycles. The zero-order valence-corrected chi connectivity index (χ0v) is 11.8. The zero-order chi connectivity index (χ0) is 13.9. The minimum Gasteiger partial charge on any atom is -0.313 e. The molecular weight excluding hydrogens is 249 g/mol. The molecule has 1 aliphatic carbocycles.